The maximum atomic E-state index is 12.1. The molecular weight excluding hydrogens is 292 g/mol. The van der Waals surface area contributed by atoms with Gasteiger partial charge in [-0.25, -0.2) is 4.79 Å². The smallest absolute Gasteiger partial charge is 0.407 e. The lowest BCUT2D eigenvalue weighted by Crippen LogP contribution is -2.34. The summed E-state index contributed by atoms with van der Waals surface area (Å²) in [5.74, 6) is 0.590. The third-order valence-corrected chi connectivity index (χ3v) is 3.74. The van der Waals surface area contributed by atoms with Crippen LogP contribution in [0.2, 0.25) is 0 Å². The fourth-order valence-electron chi connectivity index (χ4n) is 2.27. The number of carbonyl (C=O) groups is 2. The van der Waals surface area contributed by atoms with Gasteiger partial charge in [0.15, 0.2) is 0 Å². The molecule has 0 heterocycles. The maximum Gasteiger partial charge on any atom is 0.407 e. The fraction of sp³-hybridized carbons (Fsp3) is 0.556. The predicted octanol–water partition coefficient (Wildman–Crippen LogP) is 3.24. The second kappa shape index (κ2) is 7.02. The average molecular weight is 318 g/mol. The summed E-state index contributed by atoms with van der Waals surface area (Å²) in [4.78, 5) is 23.7. The summed E-state index contributed by atoms with van der Waals surface area (Å²) in [5.41, 5.74) is 1.05. The molecule has 0 radical (unpaired) electrons. The molecular formula is C18H26N2O3. The van der Waals surface area contributed by atoms with Crippen molar-refractivity contribution in [2.24, 2.45) is 5.92 Å². The van der Waals surface area contributed by atoms with Crippen molar-refractivity contribution < 1.29 is 14.3 Å². The van der Waals surface area contributed by atoms with Gasteiger partial charge in [-0.2, -0.15) is 0 Å². The van der Waals surface area contributed by atoms with Gasteiger partial charge in [0, 0.05) is 18.2 Å². The van der Waals surface area contributed by atoms with E-state index >= 15 is 0 Å². The Balaban J connectivity index is 1.81. The van der Waals surface area contributed by atoms with E-state index in [0.29, 0.717) is 18.0 Å². The molecule has 1 fully saturated rings. The van der Waals surface area contributed by atoms with Gasteiger partial charge in [-0.05, 0) is 64.2 Å². The zero-order valence-electron chi connectivity index (χ0n) is 14.3. The summed E-state index contributed by atoms with van der Waals surface area (Å²) >= 11 is 0. The van der Waals surface area contributed by atoms with Crippen molar-refractivity contribution in [2.75, 3.05) is 0 Å². The molecule has 5 nitrogen and oxygen atoms in total. The second-order valence-corrected chi connectivity index (χ2v) is 7.15. The highest BCUT2D eigenvalue weighted by Crippen LogP contribution is 2.32. The van der Waals surface area contributed by atoms with Crippen molar-refractivity contribution in [3.63, 3.8) is 0 Å². The molecule has 0 unspecified atom stereocenters. The fourth-order valence-corrected chi connectivity index (χ4v) is 2.27. The van der Waals surface area contributed by atoms with E-state index in [9.17, 15) is 9.59 Å². The van der Waals surface area contributed by atoms with Crippen molar-refractivity contribution in [1.29, 1.82) is 0 Å². The molecule has 0 bridgehead atoms. The van der Waals surface area contributed by atoms with E-state index in [2.05, 4.69) is 17.6 Å². The monoisotopic (exact) mass is 318 g/mol. The van der Waals surface area contributed by atoms with Gasteiger partial charge < -0.3 is 15.4 Å². The third kappa shape index (κ3) is 5.93. The molecule has 1 atom stereocenters. The summed E-state index contributed by atoms with van der Waals surface area (Å²) in [6, 6.07) is 7.47. The van der Waals surface area contributed by atoms with Gasteiger partial charge in [0.25, 0.3) is 5.91 Å². The zero-order chi connectivity index (χ0) is 17.0. The molecule has 0 saturated heterocycles. The molecule has 2 N–H and O–H groups in total. The minimum absolute atomic E-state index is 0.0453. The highest BCUT2D eigenvalue weighted by Gasteiger charge is 2.29. The summed E-state index contributed by atoms with van der Waals surface area (Å²) in [6.07, 6.45) is 1.96. The SMILES string of the molecule is C[C@@H](NC(=O)c1ccc(CNC(=O)OC(C)(C)C)cc1)C1CC1. The van der Waals surface area contributed by atoms with Crippen molar-refractivity contribution in [3.05, 3.63) is 35.4 Å². The Morgan fingerprint density at radius 2 is 1.83 bits per heavy atom. The number of alkyl carbamates (subject to hydrolysis) is 1. The minimum atomic E-state index is -0.510. The van der Waals surface area contributed by atoms with Crippen LogP contribution in [0.1, 0.15) is 56.5 Å². The molecule has 1 aliphatic carbocycles. The van der Waals surface area contributed by atoms with Crippen molar-refractivity contribution in [3.8, 4) is 0 Å². The summed E-state index contributed by atoms with van der Waals surface area (Å²) in [7, 11) is 0. The Bertz CT molecular complexity index is 557. The van der Waals surface area contributed by atoms with Gasteiger partial charge in [0.1, 0.15) is 5.60 Å². The number of amides is 2. The Morgan fingerprint density at radius 3 is 2.35 bits per heavy atom. The van der Waals surface area contributed by atoms with E-state index < -0.39 is 11.7 Å². The lowest BCUT2D eigenvalue weighted by molar-refractivity contribution is 0.0523. The number of nitrogens with one attached hydrogen (secondary N) is 2. The molecule has 126 valence electrons. The Hall–Kier alpha value is -2.04. The summed E-state index contributed by atoms with van der Waals surface area (Å²) < 4.78 is 5.18. The molecule has 0 aliphatic heterocycles. The van der Waals surface area contributed by atoms with Crippen LogP contribution in [0.3, 0.4) is 0 Å². The van der Waals surface area contributed by atoms with Crippen LogP contribution in [0.15, 0.2) is 24.3 Å². The van der Waals surface area contributed by atoms with Crippen LogP contribution in [-0.4, -0.2) is 23.6 Å². The van der Waals surface area contributed by atoms with E-state index in [-0.39, 0.29) is 11.9 Å². The van der Waals surface area contributed by atoms with Gasteiger partial charge in [0.05, 0.1) is 0 Å². The highest BCUT2D eigenvalue weighted by atomic mass is 16.6. The van der Waals surface area contributed by atoms with Gasteiger partial charge >= 0.3 is 6.09 Å². The summed E-state index contributed by atoms with van der Waals surface area (Å²) in [6.45, 7) is 7.89. The van der Waals surface area contributed by atoms with Crippen molar-refractivity contribution >= 4 is 12.0 Å². The highest BCUT2D eigenvalue weighted by molar-refractivity contribution is 5.94. The van der Waals surface area contributed by atoms with Gasteiger partial charge in [-0.1, -0.05) is 12.1 Å². The predicted molar refractivity (Wildman–Crippen MR) is 89.2 cm³/mol. The van der Waals surface area contributed by atoms with E-state index in [4.69, 9.17) is 4.74 Å². The topological polar surface area (TPSA) is 67.4 Å². The van der Waals surface area contributed by atoms with Gasteiger partial charge in [0.2, 0.25) is 0 Å². The molecule has 1 saturated carbocycles. The van der Waals surface area contributed by atoms with Crippen LogP contribution in [-0.2, 0) is 11.3 Å². The first-order chi connectivity index (χ1) is 10.7. The molecule has 23 heavy (non-hydrogen) atoms. The third-order valence-electron chi connectivity index (χ3n) is 3.74. The number of ether oxygens (including phenoxy) is 1. The van der Waals surface area contributed by atoms with Crippen LogP contribution in [0.25, 0.3) is 0 Å². The number of rotatable bonds is 5. The first-order valence-electron chi connectivity index (χ1n) is 8.11. The number of carbonyl (C=O) groups excluding carboxylic acids is 2. The Kier molecular flexibility index (Phi) is 5.29. The molecule has 1 aromatic carbocycles. The van der Waals surface area contributed by atoms with Crippen LogP contribution in [0.4, 0.5) is 4.79 Å². The quantitative estimate of drug-likeness (QED) is 0.876. The van der Waals surface area contributed by atoms with Crippen molar-refractivity contribution in [1.82, 2.24) is 10.6 Å². The molecule has 5 heteroatoms. The molecule has 2 rings (SSSR count). The lowest BCUT2D eigenvalue weighted by Gasteiger charge is -2.19. The van der Waals surface area contributed by atoms with Crippen LogP contribution in [0.5, 0.6) is 0 Å². The molecule has 1 aromatic rings. The van der Waals surface area contributed by atoms with Crippen LogP contribution < -0.4 is 10.6 Å². The van der Waals surface area contributed by atoms with Gasteiger partial charge in [-0.3, -0.25) is 4.79 Å². The molecule has 2 amide bonds. The van der Waals surface area contributed by atoms with Gasteiger partial charge in [-0.15, -0.1) is 0 Å². The standard InChI is InChI=1S/C18H26N2O3/c1-12(14-9-10-14)20-16(21)15-7-5-13(6-8-15)11-19-17(22)23-18(2,3)4/h5-8,12,14H,9-11H2,1-4H3,(H,19,22)(H,20,21)/t12-/m1/s1. The average Bonchev–Trinajstić information content (AvgIpc) is 3.28. The zero-order valence-corrected chi connectivity index (χ0v) is 14.3. The molecule has 1 aliphatic rings. The van der Waals surface area contributed by atoms with E-state index in [1.54, 1.807) is 12.1 Å². The maximum absolute atomic E-state index is 12.1. The minimum Gasteiger partial charge on any atom is -0.444 e. The Morgan fingerprint density at radius 1 is 1.22 bits per heavy atom. The number of hydrogen-bond donors (Lipinski definition) is 2. The number of hydrogen-bond acceptors (Lipinski definition) is 3. The normalized spacial score (nSPS) is 15.7. The van der Waals surface area contributed by atoms with Crippen LogP contribution >= 0.6 is 0 Å². The number of benzene rings is 1. The van der Waals surface area contributed by atoms with E-state index in [1.807, 2.05) is 32.9 Å². The summed E-state index contributed by atoms with van der Waals surface area (Å²) in [5, 5.41) is 5.72. The van der Waals surface area contributed by atoms with E-state index in [1.165, 1.54) is 12.8 Å². The lowest BCUT2D eigenvalue weighted by atomic mass is 10.1. The first-order valence-corrected chi connectivity index (χ1v) is 8.11. The molecule has 0 aromatic heterocycles. The Labute approximate surface area is 137 Å². The van der Waals surface area contributed by atoms with Crippen LogP contribution in [0, 0.1) is 5.92 Å². The van der Waals surface area contributed by atoms with Crippen molar-refractivity contribution in [2.45, 2.75) is 58.7 Å². The first kappa shape index (κ1) is 17.3. The van der Waals surface area contributed by atoms with E-state index in [0.717, 1.165) is 5.56 Å². The molecule has 0 spiro atoms. The largest absolute Gasteiger partial charge is 0.444 e. The second-order valence-electron chi connectivity index (χ2n) is 7.15.